The normalized spacial score (nSPS) is 18.6. The summed E-state index contributed by atoms with van der Waals surface area (Å²) in [5, 5.41) is 11.4. The first kappa shape index (κ1) is 9.93. The van der Waals surface area contributed by atoms with Gasteiger partial charge < -0.3 is 9.63 Å². The lowest BCUT2D eigenvalue weighted by atomic mass is 10.5. The largest absolute Gasteiger partial charge is 0.377 e. The van der Waals surface area contributed by atoms with Crippen molar-refractivity contribution in [1.29, 1.82) is 0 Å². The fourth-order valence-electron chi connectivity index (χ4n) is 0.769. The molecule has 1 aromatic rings. The van der Waals surface area contributed by atoms with E-state index in [0.717, 1.165) is 0 Å². The van der Waals surface area contributed by atoms with Crippen molar-refractivity contribution in [3.05, 3.63) is 22.4 Å². The van der Waals surface area contributed by atoms with E-state index in [2.05, 4.69) is 0 Å². The zero-order valence-corrected chi connectivity index (χ0v) is 8.64. The van der Waals surface area contributed by atoms with Crippen molar-refractivity contribution < 1.29 is 14.2 Å². The third-order valence-electron chi connectivity index (χ3n) is 1.60. The van der Waals surface area contributed by atoms with Crippen LogP contribution in [0.5, 0.6) is 0 Å². The van der Waals surface area contributed by atoms with Crippen LogP contribution in [0, 0.1) is 0 Å². The molecule has 3 nitrogen and oxygen atoms in total. The molecule has 1 N–H and O–H groups in total. The lowest BCUT2D eigenvalue weighted by Gasteiger charge is -2.15. The summed E-state index contributed by atoms with van der Waals surface area (Å²) in [5.41, 5.74) is 0. The topological polar surface area (TPSA) is 46.5 Å². The Hall–Kier alpha value is -0.150. The molecule has 2 unspecified atom stereocenters. The maximum Gasteiger partial charge on any atom is 0.232 e. The SMILES string of the molecule is COP(C)(=O)C(O)c1cccs1. The summed E-state index contributed by atoms with van der Waals surface area (Å²) in [6.07, 6.45) is 0. The van der Waals surface area contributed by atoms with Gasteiger partial charge >= 0.3 is 0 Å². The van der Waals surface area contributed by atoms with E-state index in [9.17, 15) is 9.67 Å². The van der Waals surface area contributed by atoms with Gasteiger partial charge in [-0.15, -0.1) is 11.3 Å². The van der Waals surface area contributed by atoms with Crippen LogP contribution in [-0.4, -0.2) is 18.9 Å². The van der Waals surface area contributed by atoms with Crippen molar-refractivity contribution in [3.8, 4) is 0 Å². The van der Waals surface area contributed by atoms with Gasteiger partial charge in [-0.25, -0.2) is 0 Å². The predicted octanol–water partition coefficient (Wildman–Crippen LogP) is 2.29. The Balaban J connectivity index is 2.86. The maximum atomic E-state index is 11.5. The predicted molar refractivity (Wildman–Crippen MR) is 49.8 cm³/mol. The molecular weight excluding hydrogens is 195 g/mol. The standard InChI is InChI=1S/C7H11O3PS/c1-10-11(2,9)7(8)6-4-3-5-12-6/h3-5,7-8H,1-2H3. The Kier molecular flexibility index (Phi) is 3.07. The van der Waals surface area contributed by atoms with Crippen LogP contribution in [0.2, 0.25) is 0 Å². The highest BCUT2D eigenvalue weighted by Crippen LogP contribution is 2.55. The molecule has 1 rings (SSSR count). The van der Waals surface area contributed by atoms with Gasteiger partial charge in [-0.2, -0.15) is 0 Å². The van der Waals surface area contributed by atoms with Crippen LogP contribution < -0.4 is 0 Å². The summed E-state index contributed by atoms with van der Waals surface area (Å²) in [4.78, 5) is 0.683. The molecule has 0 spiro atoms. The number of thiophene rings is 1. The summed E-state index contributed by atoms with van der Waals surface area (Å²) in [5.74, 6) is -0.984. The number of aliphatic hydroxyl groups excluding tert-OH is 1. The van der Waals surface area contributed by atoms with Gasteiger partial charge in [0.1, 0.15) is 0 Å². The molecule has 0 fully saturated rings. The summed E-state index contributed by atoms with van der Waals surface area (Å²) >= 11 is 1.37. The van der Waals surface area contributed by atoms with Crippen molar-refractivity contribution in [2.75, 3.05) is 13.8 Å². The highest BCUT2D eigenvalue weighted by molar-refractivity contribution is 7.58. The minimum absolute atomic E-state index is 0.683. The Morgan fingerprint density at radius 2 is 2.42 bits per heavy atom. The average Bonchev–Trinajstić information content (AvgIpc) is 2.55. The molecule has 0 saturated heterocycles. The Labute approximate surface area is 75.5 Å². The molecule has 1 heterocycles. The molecule has 0 bridgehead atoms. The minimum Gasteiger partial charge on any atom is -0.377 e. The summed E-state index contributed by atoms with van der Waals surface area (Å²) < 4.78 is 16.3. The fraction of sp³-hybridized carbons (Fsp3) is 0.429. The zero-order chi connectivity index (χ0) is 9.19. The highest BCUT2D eigenvalue weighted by Gasteiger charge is 2.27. The van der Waals surface area contributed by atoms with Crippen molar-refractivity contribution in [2.24, 2.45) is 0 Å². The minimum atomic E-state index is -2.89. The smallest absolute Gasteiger partial charge is 0.232 e. The highest BCUT2D eigenvalue weighted by atomic mass is 32.1. The first-order valence-corrected chi connectivity index (χ1v) is 6.44. The first-order chi connectivity index (χ1) is 5.58. The number of rotatable bonds is 3. The molecule has 0 aliphatic rings. The Bertz CT molecular complexity index is 283. The van der Waals surface area contributed by atoms with Gasteiger partial charge in [0.05, 0.1) is 0 Å². The van der Waals surface area contributed by atoms with Gasteiger partial charge in [-0.05, 0) is 11.4 Å². The van der Waals surface area contributed by atoms with Crippen molar-refractivity contribution in [2.45, 2.75) is 5.85 Å². The molecule has 0 aliphatic carbocycles. The average molecular weight is 206 g/mol. The molecule has 68 valence electrons. The van der Waals surface area contributed by atoms with E-state index < -0.39 is 13.2 Å². The van der Waals surface area contributed by atoms with E-state index in [4.69, 9.17) is 4.52 Å². The molecule has 12 heavy (non-hydrogen) atoms. The van der Waals surface area contributed by atoms with E-state index in [1.807, 2.05) is 5.38 Å². The summed E-state index contributed by atoms with van der Waals surface area (Å²) in [6.45, 7) is 1.43. The van der Waals surface area contributed by atoms with Gasteiger partial charge in [0.15, 0.2) is 5.85 Å². The third-order valence-corrected chi connectivity index (χ3v) is 4.60. The van der Waals surface area contributed by atoms with E-state index in [1.165, 1.54) is 25.1 Å². The van der Waals surface area contributed by atoms with Gasteiger partial charge in [-0.1, -0.05) is 6.07 Å². The summed E-state index contributed by atoms with van der Waals surface area (Å²) in [6, 6.07) is 3.55. The van der Waals surface area contributed by atoms with Crippen molar-refractivity contribution in [3.63, 3.8) is 0 Å². The first-order valence-electron chi connectivity index (χ1n) is 3.42. The van der Waals surface area contributed by atoms with Crippen LogP contribution in [0.25, 0.3) is 0 Å². The Morgan fingerprint density at radius 1 is 1.75 bits per heavy atom. The number of hydrogen-bond donors (Lipinski definition) is 1. The Morgan fingerprint density at radius 3 is 2.83 bits per heavy atom. The lowest BCUT2D eigenvalue weighted by Crippen LogP contribution is -1.96. The maximum absolute atomic E-state index is 11.5. The monoisotopic (exact) mass is 206 g/mol. The molecule has 0 aliphatic heterocycles. The quantitative estimate of drug-likeness (QED) is 0.772. The van der Waals surface area contributed by atoms with Gasteiger partial charge in [0.2, 0.25) is 7.37 Å². The van der Waals surface area contributed by atoms with Crippen LogP contribution in [0.3, 0.4) is 0 Å². The van der Waals surface area contributed by atoms with Crippen molar-refractivity contribution >= 4 is 18.7 Å². The lowest BCUT2D eigenvalue weighted by molar-refractivity contribution is 0.230. The van der Waals surface area contributed by atoms with Crippen LogP contribution in [0.15, 0.2) is 17.5 Å². The molecule has 0 aromatic carbocycles. The molecule has 2 atom stereocenters. The third kappa shape index (κ3) is 1.96. The summed E-state index contributed by atoms with van der Waals surface area (Å²) in [7, 11) is -1.54. The zero-order valence-electron chi connectivity index (χ0n) is 6.93. The van der Waals surface area contributed by atoms with E-state index in [-0.39, 0.29) is 0 Å². The van der Waals surface area contributed by atoms with Gasteiger partial charge in [0, 0.05) is 18.7 Å². The molecule has 5 heteroatoms. The molecule has 0 saturated carbocycles. The van der Waals surface area contributed by atoms with Gasteiger partial charge in [0.25, 0.3) is 0 Å². The van der Waals surface area contributed by atoms with E-state index >= 15 is 0 Å². The molecule has 0 radical (unpaired) electrons. The van der Waals surface area contributed by atoms with Crippen LogP contribution in [0.1, 0.15) is 10.7 Å². The van der Waals surface area contributed by atoms with Crippen LogP contribution in [0.4, 0.5) is 0 Å². The number of hydrogen-bond acceptors (Lipinski definition) is 4. The molecule has 0 amide bonds. The van der Waals surface area contributed by atoms with Crippen LogP contribution >= 0.6 is 18.7 Å². The van der Waals surface area contributed by atoms with E-state index in [0.29, 0.717) is 4.88 Å². The second-order valence-corrected chi connectivity index (χ2v) is 6.13. The fourth-order valence-corrected chi connectivity index (χ4v) is 2.87. The second-order valence-electron chi connectivity index (χ2n) is 2.48. The second kappa shape index (κ2) is 3.71. The van der Waals surface area contributed by atoms with Crippen molar-refractivity contribution in [1.82, 2.24) is 0 Å². The molecule has 1 aromatic heterocycles. The van der Waals surface area contributed by atoms with Crippen LogP contribution in [-0.2, 0) is 9.09 Å². The number of aliphatic hydroxyl groups is 1. The molecular formula is C7H11O3PS. The van der Waals surface area contributed by atoms with Gasteiger partial charge in [-0.3, -0.25) is 4.57 Å². The van der Waals surface area contributed by atoms with E-state index in [1.54, 1.807) is 12.1 Å².